The third-order valence-electron chi connectivity index (χ3n) is 3.97. The monoisotopic (exact) mass is 348 g/mol. The Labute approximate surface area is 154 Å². The lowest BCUT2D eigenvalue weighted by molar-refractivity contribution is -0.115. The Balaban J connectivity index is 2.11. The SMILES string of the molecule is C/C(C=O)=C/C=C(\NCC(=O)Nc1c(C)cccc1C)c1ccccc1. The van der Waals surface area contributed by atoms with Gasteiger partial charge in [0.05, 0.1) is 6.54 Å². The van der Waals surface area contributed by atoms with Gasteiger partial charge in [-0.2, -0.15) is 0 Å². The molecule has 2 aromatic carbocycles. The second-order valence-corrected chi connectivity index (χ2v) is 6.14. The fraction of sp³-hybridized carbons (Fsp3) is 0.182. The molecule has 0 saturated carbocycles. The van der Waals surface area contributed by atoms with Gasteiger partial charge >= 0.3 is 0 Å². The van der Waals surface area contributed by atoms with Crippen LogP contribution in [-0.4, -0.2) is 18.7 Å². The van der Waals surface area contributed by atoms with Crippen molar-refractivity contribution in [3.63, 3.8) is 0 Å². The summed E-state index contributed by atoms with van der Waals surface area (Å²) in [6.07, 6.45) is 4.34. The zero-order valence-corrected chi connectivity index (χ0v) is 15.4. The van der Waals surface area contributed by atoms with Gasteiger partial charge in [0.2, 0.25) is 5.91 Å². The smallest absolute Gasteiger partial charge is 0.243 e. The molecule has 0 atom stereocenters. The standard InChI is InChI=1S/C22H24N2O2/c1-16(15-25)12-13-20(19-10-5-4-6-11-19)23-14-21(26)24-22-17(2)8-7-9-18(22)3/h4-13,15,23H,14H2,1-3H3,(H,24,26)/b16-12-,20-13-. The fourth-order valence-electron chi connectivity index (χ4n) is 2.50. The normalized spacial score (nSPS) is 11.8. The number of hydrogen-bond acceptors (Lipinski definition) is 3. The van der Waals surface area contributed by atoms with E-state index in [1.807, 2.05) is 68.5 Å². The lowest BCUT2D eigenvalue weighted by Gasteiger charge is -2.14. The zero-order valence-electron chi connectivity index (χ0n) is 15.4. The van der Waals surface area contributed by atoms with Crippen molar-refractivity contribution < 1.29 is 9.59 Å². The first-order valence-electron chi connectivity index (χ1n) is 8.50. The highest BCUT2D eigenvalue weighted by Gasteiger charge is 2.08. The van der Waals surface area contributed by atoms with Crippen molar-refractivity contribution in [3.05, 3.63) is 82.9 Å². The van der Waals surface area contributed by atoms with E-state index < -0.39 is 0 Å². The van der Waals surface area contributed by atoms with E-state index >= 15 is 0 Å². The number of aryl methyl sites for hydroxylation is 2. The van der Waals surface area contributed by atoms with Crippen molar-refractivity contribution in [2.45, 2.75) is 20.8 Å². The number of hydrogen-bond donors (Lipinski definition) is 2. The van der Waals surface area contributed by atoms with E-state index in [9.17, 15) is 9.59 Å². The molecule has 4 nitrogen and oxygen atoms in total. The number of carbonyl (C=O) groups excluding carboxylic acids is 2. The number of allylic oxidation sites excluding steroid dienone is 3. The minimum atomic E-state index is -0.125. The molecule has 0 fully saturated rings. The minimum absolute atomic E-state index is 0.125. The molecule has 4 heteroatoms. The molecule has 0 saturated heterocycles. The maximum atomic E-state index is 12.4. The lowest BCUT2D eigenvalue weighted by Crippen LogP contribution is -2.27. The second-order valence-electron chi connectivity index (χ2n) is 6.14. The van der Waals surface area contributed by atoms with Crippen molar-refractivity contribution in [3.8, 4) is 0 Å². The predicted molar refractivity (Wildman–Crippen MR) is 107 cm³/mol. The van der Waals surface area contributed by atoms with Crippen LogP contribution in [0.25, 0.3) is 5.70 Å². The Bertz CT molecular complexity index is 816. The van der Waals surface area contributed by atoms with E-state index in [2.05, 4.69) is 10.6 Å². The summed E-state index contributed by atoms with van der Waals surface area (Å²) < 4.78 is 0. The van der Waals surface area contributed by atoms with E-state index in [1.54, 1.807) is 13.0 Å². The molecule has 1 amide bonds. The van der Waals surface area contributed by atoms with Gasteiger partial charge in [-0.3, -0.25) is 9.59 Å². The molecule has 2 rings (SSSR count). The average molecular weight is 348 g/mol. The molecular weight excluding hydrogens is 324 g/mol. The van der Waals surface area contributed by atoms with Crippen molar-refractivity contribution >= 4 is 23.6 Å². The molecule has 134 valence electrons. The number of rotatable bonds is 7. The molecule has 0 aliphatic carbocycles. The first kappa shape index (κ1) is 19.2. The lowest BCUT2D eigenvalue weighted by atomic mass is 10.1. The van der Waals surface area contributed by atoms with Crippen LogP contribution in [0.1, 0.15) is 23.6 Å². The van der Waals surface area contributed by atoms with Crippen LogP contribution >= 0.6 is 0 Å². The zero-order chi connectivity index (χ0) is 18.9. The number of aldehydes is 1. The summed E-state index contributed by atoms with van der Waals surface area (Å²) in [5.74, 6) is -0.125. The van der Waals surface area contributed by atoms with Crippen LogP contribution < -0.4 is 10.6 Å². The minimum Gasteiger partial charge on any atom is -0.376 e. The third kappa shape index (κ3) is 5.45. The van der Waals surface area contributed by atoms with Gasteiger partial charge in [-0.05, 0) is 49.1 Å². The van der Waals surface area contributed by atoms with Crippen molar-refractivity contribution in [1.29, 1.82) is 0 Å². The number of para-hydroxylation sites is 1. The second kappa shape index (κ2) is 9.37. The van der Waals surface area contributed by atoms with Crippen LogP contribution in [0.2, 0.25) is 0 Å². The molecule has 0 unspecified atom stereocenters. The maximum absolute atomic E-state index is 12.4. The molecule has 0 aliphatic rings. The quantitative estimate of drug-likeness (QED) is 0.451. The molecular formula is C22H24N2O2. The van der Waals surface area contributed by atoms with E-state index in [0.717, 1.165) is 34.4 Å². The molecule has 2 aromatic rings. The fourth-order valence-corrected chi connectivity index (χ4v) is 2.50. The van der Waals surface area contributed by atoms with Crippen molar-refractivity contribution in [2.24, 2.45) is 0 Å². The number of carbonyl (C=O) groups is 2. The summed E-state index contributed by atoms with van der Waals surface area (Å²) in [5.41, 5.74) is 5.25. The molecule has 0 bridgehead atoms. The highest BCUT2D eigenvalue weighted by atomic mass is 16.1. The molecule has 0 heterocycles. The molecule has 0 spiro atoms. The average Bonchev–Trinajstić information content (AvgIpc) is 2.65. The topological polar surface area (TPSA) is 58.2 Å². The van der Waals surface area contributed by atoms with Gasteiger partial charge in [-0.1, -0.05) is 54.6 Å². The van der Waals surface area contributed by atoms with Gasteiger partial charge in [0.1, 0.15) is 6.29 Å². The first-order valence-corrected chi connectivity index (χ1v) is 8.50. The highest BCUT2D eigenvalue weighted by molar-refractivity contribution is 5.94. The summed E-state index contributed by atoms with van der Waals surface area (Å²) in [7, 11) is 0. The van der Waals surface area contributed by atoms with Gasteiger partial charge in [0, 0.05) is 11.4 Å². The Kier molecular flexibility index (Phi) is 6.92. The van der Waals surface area contributed by atoms with Crippen LogP contribution in [-0.2, 0) is 9.59 Å². The Hall–Kier alpha value is -3.14. The van der Waals surface area contributed by atoms with Crippen LogP contribution in [0.5, 0.6) is 0 Å². The van der Waals surface area contributed by atoms with Crippen molar-refractivity contribution in [1.82, 2.24) is 5.32 Å². The Morgan fingerprint density at radius 2 is 1.62 bits per heavy atom. The van der Waals surface area contributed by atoms with Gasteiger partial charge in [-0.25, -0.2) is 0 Å². The maximum Gasteiger partial charge on any atom is 0.243 e. The van der Waals surface area contributed by atoms with E-state index in [-0.39, 0.29) is 12.5 Å². The van der Waals surface area contributed by atoms with Crippen LogP contribution in [0.3, 0.4) is 0 Å². The highest BCUT2D eigenvalue weighted by Crippen LogP contribution is 2.19. The van der Waals surface area contributed by atoms with Crippen LogP contribution in [0.4, 0.5) is 5.69 Å². The van der Waals surface area contributed by atoms with E-state index in [1.165, 1.54) is 0 Å². The molecule has 2 N–H and O–H groups in total. The van der Waals surface area contributed by atoms with Crippen molar-refractivity contribution in [2.75, 3.05) is 11.9 Å². The largest absolute Gasteiger partial charge is 0.376 e. The summed E-state index contributed by atoms with van der Waals surface area (Å²) >= 11 is 0. The molecule has 0 radical (unpaired) electrons. The van der Waals surface area contributed by atoms with E-state index in [0.29, 0.717) is 5.57 Å². The third-order valence-corrected chi connectivity index (χ3v) is 3.97. The number of amides is 1. The molecule has 0 aliphatic heterocycles. The summed E-state index contributed by atoms with van der Waals surface area (Å²) in [6, 6.07) is 15.6. The molecule has 26 heavy (non-hydrogen) atoms. The van der Waals surface area contributed by atoms with Crippen LogP contribution in [0, 0.1) is 13.8 Å². The Morgan fingerprint density at radius 3 is 2.23 bits per heavy atom. The summed E-state index contributed by atoms with van der Waals surface area (Å²) in [5, 5.41) is 6.12. The number of anilines is 1. The van der Waals surface area contributed by atoms with Gasteiger partial charge in [0.15, 0.2) is 0 Å². The first-order chi connectivity index (χ1) is 12.5. The summed E-state index contributed by atoms with van der Waals surface area (Å²) in [6.45, 7) is 5.80. The summed E-state index contributed by atoms with van der Waals surface area (Å²) in [4.78, 5) is 23.2. The van der Waals surface area contributed by atoms with E-state index in [4.69, 9.17) is 0 Å². The van der Waals surface area contributed by atoms with Gasteiger partial charge < -0.3 is 10.6 Å². The predicted octanol–water partition coefficient (Wildman–Crippen LogP) is 4.02. The number of benzene rings is 2. The van der Waals surface area contributed by atoms with Crippen LogP contribution in [0.15, 0.2) is 66.3 Å². The molecule has 0 aromatic heterocycles. The Morgan fingerprint density at radius 1 is 0.962 bits per heavy atom. The van der Waals surface area contributed by atoms with Gasteiger partial charge in [-0.15, -0.1) is 0 Å². The van der Waals surface area contributed by atoms with Gasteiger partial charge in [0.25, 0.3) is 0 Å². The number of nitrogens with one attached hydrogen (secondary N) is 2.